The lowest BCUT2D eigenvalue weighted by Gasteiger charge is -2.17. The Hall–Kier alpha value is -0.990. The average Bonchev–Trinajstić information content (AvgIpc) is 2.77. The van der Waals surface area contributed by atoms with Crippen LogP contribution in [0, 0.1) is 0 Å². The molecule has 0 aliphatic carbocycles. The molecule has 1 aromatic carbocycles. The molecule has 1 aliphatic heterocycles. The van der Waals surface area contributed by atoms with Crippen molar-refractivity contribution in [3.05, 3.63) is 29.8 Å². The van der Waals surface area contributed by atoms with E-state index in [9.17, 15) is 8.42 Å². The Kier molecular flexibility index (Phi) is 5.57. The molecular formula is C15H22O6S. The fourth-order valence-corrected chi connectivity index (χ4v) is 2.75. The van der Waals surface area contributed by atoms with E-state index in [2.05, 4.69) is 0 Å². The summed E-state index contributed by atoms with van der Waals surface area (Å²) in [5, 5.41) is 0. The van der Waals surface area contributed by atoms with Gasteiger partial charge < -0.3 is 14.2 Å². The number of benzene rings is 1. The molecule has 0 radical (unpaired) electrons. The zero-order valence-corrected chi connectivity index (χ0v) is 13.6. The van der Waals surface area contributed by atoms with Crippen molar-refractivity contribution in [2.75, 3.05) is 19.8 Å². The lowest BCUT2D eigenvalue weighted by Crippen LogP contribution is -2.24. The summed E-state index contributed by atoms with van der Waals surface area (Å²) in [5.41, 5.74) is 0.998. The summed E-state index contributed by atoms with van der Waals surface area (Å²) in [7, 11) is -4.12. The molecule has 0 spiro atoms. The van der Waals surface area contributed by atoms with Crippen molar-refractivity contribution >= 4 is 10.1 Å². The van der Waals surface area contributed by atoms with E-state index in [1.165, 1.54) is 12.1 Å². The Labute approximate surface area is 131 Å². The van der Waals surface area contributed by atoms with Gasteiger partial charge in [-0.25, -0.2) is 0 Å². The molecule has 0 aromatic heterocycles. The van der Waals surface area contributed by atoms with Crippen LogP contribution in [-0.2, 0) is 30.7 Å². The smallest absolute Gasteiger partial charge is 0.294 e. The SMILES string of the molecule is CC1(C)OCC(COCCCc2ccc(S(=O)(=O)O)cc2)O1. The first kappa shape index (κ1) is 17.4. The first-order valence-electron chi connectivity index (χ1n) is 7.22. The largest absolute Gasteiger partial charge is 0.379 e. The standard InChI is InChI=1S/C15H22O6S/c1-15(2)20-11-13(21-15)10-19-9-3-4-12-5-7-14(8-6-12)22(16,17)18/h5-8,13H,3-4,9-11H2,1-2H3,(H,16,17,18). The molecule has 1 unspecified atom stereocenters. The third kappa shape index (κ3) is 5.33. The van der Waals surface area contributed by atoms with E-state index in [0.717, 1.165) is 18.4 Å². The first-order chi connectivity index (χ1) is 10.3. The summed E-state index contributed by atoms with van der Waals surface area (Å²) in [6, 6.07) is 6.19. The average molecular weight is 330 g/mol. The van der Waals surface area contributed by atoms with Crippen LogP contribution >= 0.6 is 0 Å². The van der Waals surface area contributed by atoms with Gasteiger partial charge in [0.05, 0.1) is 18.1 Å². The van der Waals surface area contributed by atoms with Gasteiger partial charge in [-0.1, -0.05) is 12.1 Å². The molecule has 1 saturated heterocycles. The minimum atomic E-state index is -4.12. The summed E-state index contributed by atoms with van der Waals surface area (Å²) < 4.78 is 47.4. The highest BCUT2D eigenvalue weighted by atomic mass is 32.2. The van der Waals surface area contributed by atoms with Gasteiger partial charge in [-0.2, -0.15) is 8.42 Å². The van der Waals surface area contributed by atoms with E-state index in [1.807, 2.05) is 13.8 Å². The van der Waals surface area contributed by atoms with Crippen molar-refractivity contribution in [1.82, 2.24) is 0 Å². The lowest BCUT2D eigenvalue weighted by molar-refractivity contribution is -0.145. The molecule has 124 valence electrons. The van der Waals surface area contributed by atoms with Crippen molar-refractivity contribution in [2.45, 2.75) is 43.5 Å². The van der Waals surface area contributed by atoms with Crippen LogP contribution in [0.2, 0.25) is 0 Å². The Morgan fingerprint density at radius 2 is 2.00 bits per heavy atom. The summed E-state index contributed by atoms with van der Waals surface area (Å²) in [4.78, 5) is -0.0894. The van der Waals surface area contributed by atoms with Crippen LogP contribution in [0.1, 0.15) is 25.8 Å². The molecule has 0 saturated carbocycles. The molecule has 1 aromatic rings. The maximum Gasteiger partial charge on any atom is 0.294 e. The number of aryl methyl sites for hydroxylation is 1. The fraction of sp³-hybridized carbons (Fsp3) is 0.600. The number of rotatable bonds is 7. The molecule has 1 N–H and O–H groups in total. The Morgan fingerprint density at radius 1 is 1.32 bits per heavy atom. The molecule has 22 heavy (non-hydrogen) atoms. The molecular weight excluding hydrogens is 308 g/mol. The number of ether oxygens (including phenoxy) is 3. The summed E-state index contributed by atoms with van der Waals surface area (Å²) in [5.74, 6) is -0.525. The molecule has 2 rings (SSSR count). The van der Waals surface area contributed by atoms with Crippen LogP contribution in [0.15, 0.2) is 29.2 Å². The van der Waals surface area contributed by atoms with E-state index in [-0.39, 0.29) is 11.0 Å². The normalized spacial score (nSPS) is 21.1. The molecule has 0 amide bonds. The third-order valence-electron chi connectivity index (χ3n) is 3.35. The van der Waals surface area contributed by atoms with Gasteiger partial charge in [-0.3, -0.25) is 4.55 Å². The minimum absolute atomic E-state index is 0.0240. The van der Waals surface area contributed by atoms with Gasteiger partial charge in [0.15, 0.2) is 5.79 Å². The second kappa shape index (κ2) is 7.06. The van der Waals surface area contributed by atoms with Crippen molar-refractivity contribution in [3.63, 3.8) is 0 Å². The summed E-state index contributed by atoms with van der Waals surface area (Å²) in [6.45, 7) is 5.40. The summed E-state index contributed by atoms with van der Waals surface area (Å²) >= 11 is 0. The van der Waals surface area contributed by atoms with Crippen molar-refractivity contribution in [2.24, 2.45) is 0 Å². The molecule has 6 nitrogen and oxygen atoms in total. The van der Waals surface area contributed by atoms with Crippen molar-refractivity contribution < 1.29 is 27.2 Å². The second-order valence-electron chi connectivity index (χ2n) is 5.75. The monoisotopic (exact) mass is 330 g/mol. The summed E-state index contributed by atoms with van der Waals surface area (Å²) in [6.07, 6.45) is 1.57. The maximum absolute atomic E-state index is 10.9. The van der Waals surface area contributed by atoms with E-state index < -0.39 is 15.9 Å². The Morgan fingerprint density at radius 3 is 2.55 bits per heavy atom. The van der Waals surface area contributed by atoms with Gasteiger partial charge in [0.2, 0.25) is 0 Å². The highest BCUT2D eigenvalue weighted by Crippen LogP contribution is 2.22. The maximum atomic E-state index is 10.9. The highest BCUT2D eigenvalue weighted by molar-refractivity contribution is 7.85. The van der Waals surface area contributed by atoms with Crippen LogP contribution in [0.5, 0.6) is 0 Å². The third-order valence-corrected chi connectivity index (χ3v) is 4.21. The zero-order valence-electron chi connectivity index (χ0n) is 12.8. The quantitative estimate of drug-likeness (QED) is 0.608. The molecule has 1 fully saturated rings. The van der Waals surface area contributed by atoms with Crippen LogP contribution < -0.4 is 0 Å². The highest BCUT2D eigenvalue weighted by Gasteiger charge is 2.32. The lowest BCUT2D eigenvalue weighted by atomic mass is 10.1. The van der Waals surface area contributed by atoms with Crippen LogP contribution in [0.25, 0.3) is 0 Å². The molecule has 0 bridgehead atoms. The number of hydrogen-bond donors (Lipinski definition) is 1. The van der Waals surface area contributed by atoms with Crippen LogP contribution in [0.3, 0.4) is 0 Å². The van der Waals surface area contributed by atoms with Gasteiger partial charge >= 0.3 is 0 Å². The van der Waals surface area contributed by atoms with Crippen LogP contribution in [0.4, 0.5) is 0 Å². The van der Waals surface area contributed by atoms with Gasteiger partial charge in [0.25, 0.3) is 10.1 Å². The van der Waals surface area contributed by atoms with E-state index in [1.54, 1.807) is 12.1 Å². The Bertz CT molecular complexity index is 579. The second-order valence-corrected chi connectivity index (χ2v) is 7.17. The molecule has 7 heteroatoms. The molecule has 1 atom stereocenters. The van der Waals surface area contributed by atoms with Crippen LogP contribution in [-0.4, -0.2) is 44.7 Å². The van der Waals surface area contributed by atoms with Crippen molar-refractivity contribution in [1.29, 1.82) is 0 Å². The number of hydrogen-bond acceptors (Lipinski definition) is 5. The van der Waals surface area contributed by atoms with Gasteiger partial charge in [-0.05, 0) is 44.4 Å². The van der Waals surface area contributed by atoms with Gasteiger partial charge in [0.1, 0.15) is 6.10 Å². The van der Waals surface area contributed by atoms with E-state index >= 15 is 0 Å². The predicted molar refractivity (Wildman–Crippen MR) is 80.3 cm³/mol. The topological polar surface area (TPSA) is 82.1 Å². The molecule has 1 aliphatic rings. The zero-order chi connectivity index (χ0) is 16.2. The Balaban J connectivity index is 1.65. The fourth-order valence-electron chi connectivity index (χ4n) is 2.27. The van der Waals surface area contributed by atoms with Gasteiger partial charge in [0, 0.05) is 6.61 Å². The minimum Gasteiger partial charge on any atom is -0.379 e. The van der Waals surface area contributed by atoms with E-state index in [0.29, 0.717) is 19.8 Å². The first-order valence-corrected chi connectivity index (χ1v) is 8.66. The van der Waals surface area contributed by atoms with E-state index in [4.69, 9.17) is 18.8 Å². The predicted octanol–water partition coefficient (Wildman–Crippen LogP) is 2.03. The molecule has 1 heterocycles. The van der Waals surface area contributed by atoms with Crippen molar-refractivity contribution in [3.8, 4) is 0 Å². The van der Waals surface area contributed by atoms with Gasteiger partial charge in [-0.15, -0.1) is 0 Å².